The second kappa shape index (κ2) is 8.05. The second-order valence-electron chi connectivity index (χ2n) is 5.76. The minimum Gasteiger partial charge on any atom is -0.465 e. The quantitative estimate of drug-likeness (QED) is 0.338. The molecule has 0 aliphatic carbocycles. The van der Waals surface area contributed by atoms with E-state index in [0.717, 1.165) is 0 Å². The van der Waals surface area contributed by atoms with Crippen molar-refractivity contribution < 1.29 is 19.2 Å². The summed E-state index contributed by atoms with van der Waals surface area (Å²) >= 11 is 1.17. The van der Waals surface area contributed by atoms with Gasteiger partial charge in [-0.3, -0.25) is 19.8 Å². The van der Waals surface area contributed by atoms with Crippen LogP contribution in [0.5, 0.6) is 0 Å². The molecule has 28 heavy (non-hydrogen) atoms. The maximum absolute atomic E-state index is 12.5. The number of carbonyl (C=O) groups is 2. The van der Waals surface area contributed by atoms with Crippen LogP contribution < -0.4 is 0 Å². The number of benzene rings is 2. The number of amides is 1. The van der Waals surface area contributed by atoms with E-state index in [1.807, 2.05) is 0 Å². The van der Waals surface area contributed by atoms with Gasteiger partial charge in [0.2, 0.25) is 0 Å². The Kier molecular flexibility index (Phi) is 5.55. The number of rotatable bonds is 4. The van der Waals surface area contributed by atoms with Crippen molar-refractivity contribution in [1.82, 2.24) is 4.90 Å². The van der Waals surface area contributed by atoms with E-state index in [9.17, 15) is 19.7 Å². The molecule has 1 aliphatic rings. The van der Waals surface area contributed by atoms with E-state index in [-0.39, 0.29) is 11.6 Å². The Hall–Kier alpha value is -3.46. The molecule has 9 heteroatoms. The number of hydrogen-bond acceptors (Lipinski definition) is 7. The van der Waals surface area contributed by atoms with E-state index in [1.54, 1.807) is 49.5 Å². The van der Waals surface area contributed by atoms with Crippen molar-refractivity contribution >= 4 is 46.3 Å². The van der Waals surface area contributed by atoms with Gasteiger partial charge in [-0.1, -0.05) is 12.1 Å². The van der Waals surface area contributed by atoms with Crippen LogP contribution in [0.15, 0.2) is 58.4 Å². The van der Waals surface area contributed by atoms with Crippen molar-refractivity contribution in [1.29, 1.82) is 0 Å². The zero-order valence-electron chi connectivity index (χ0n) is 15.0. The molecule has 2 aromatic rings. The summed E-state index contributed by atoms with van der Waals surface area (Å²) in [5.74, 6) is -0.689. The summed E-state index contributed by atoms with van der Waals surface area (Å²) in [6.07, 6.45) is 1.60. The maximum atomic E-state index is 12.5. The molecule has 1 heterocycles. The summed E-state index contributed by atoms with van der Waals surface area (Å²) in [4.78, 5) is 40.6. The summed E-state index contributed by atoms with van der Waals surface area (Å²) in [5.41, 5.74) is 1.49. The Bertz CT molecular complexity index is 1010. The third-order valence-corrected chi connectivity index (χ3v) is 4.96. The lowest BCUT2D eigenvalue weighted by molar-refractivity contribution is -0.384. The van der Waals surface area contributed by atoms with Gasteiger partial charge in [0.1, 0.15) is 0 Å². The van der Waals surface area contributed by atoms with Gasteiger partial charge in [-0.15, -0.1) is 0 Å². The first-order valence-corrected chi connectivity index (χ1v) is 8.90. The molecule has 1 saturated heterocycles. The highest BCUT2D eigenvalue weighted by atomic mass is 32.2. The van der Waals surface area contributed by atoms with Gasteiger partial charge in [0.25, 0.3) is 11.6 Å². The van der Waals surface area contributed by atoms with Crippen molar-refractivity contribution in [3.8, 4) is 0 Å². The SMILES string of the molecule is COC(=O)c1ccc(N=C2S/C(=C/c3cccc([N+](=O)[O-])c3)C(=O)N2C)cc1. The van der Waals surface area contributed by atoms with Crippen LogP contribution in [0.1, 0.15) is 15.9 Å². The molecule has 0 spiro atoms. The number of nitrogens with zero attached hydrogens (tertiary/aromatic N) is 3. The first-order chi connectivity index (χ1) is 13.4. The van der Waals surface area contributed by atoms with E-state index in [1.165, 1.54) is 35.9 Å². The number of nitro benzene ring substituents is 1. The largest absolute Gasteiger partial charge is 0.465 e. The molecule has 0 bridgehead atoms. The summed E-state index contributed by atoms with van der Waals surface area (Å²) in [6, 6.07) is 12.5. The molecule has 0 N–H and O–H groups in total. The molecule has 0 radical (unpaired) electrons. The zero-order valence-corrected chi connectivity index (χ0v) is 15.8. The number of amidine groups is 1. The molecule has 0 saturated carbocycles. The first kappa shape index (κ1) is 19.3. The minimum atomic E-state index is -0.484. The molecule has 0 unspecified atom stereocenters. The normalized spacial score (nSPS) is 16.6. The van der Waals surface area contributed by atoms with Crippen LogP contribution in [-0.2, 0) is 9.53 Å². The highest BCUT2D eigenvalue weighted by Crippen LogP contribution is 2.33. The molecule has 142 valence electrons. The molecule has 1 aliphatic heterocycles. The van der Waals surface area contributed by atoms with Crippen LogP contribution in [0.2, 0.25) is 0 Å². The van der Waals surface area contributed by atoms with Crippen LogP contribution in [0.4, 0.5) is 11.4 Å². The Balaban J connectivity index is 1.85. The Morgan fingerprint density at radius 1 is 1.25 bits per heavy atom. The number of carbonyl (C=O) groups excluding carboxylic acids is 2. The molecule has 0 atom stereocenters. The number of methoxy groups -OCH3 is 1. The Labute approximate surface area is 164 Å². The third kappa shape index (κ3) is 4.09. The summed E-state index contributed by atoms with van der Waals surface area (Å²) < 4.78 is 4.65. The number of thioether (sulfide) groups is 1. The van der Waals surface area contributed by atoms with Gasteiger partial charge in [0.05, 0.1) is 28.2 Å². The monoisotopic (exact) mass is 397 g/mol. The van der Waals surface area contributed by atoms with Gasteiger partial charge in [-0.05, 0) is 47.7 Å². The lowest BCUT2D eigenvalue weighted by Crippen LogP contribution is -2.23. The highest BCUT2D eigenvalue weighted by Gasteiger charge is 2.30. The molecule has 3 rings (SSSR count). The van der Waals surface area contributed by atoms with E-state index >= 15 is 0 Å². The molecule has 1 amide bonds. The van der Waals surface area contributed by atoms with Gasteiger partial charge in [-0.2, -0.15) is 0 Å². The summed E-state index contributed by atoms with van der Waals surface area (Å²) in [5, 5.41) is 11.4. The van der Waals surface area contributed by atoms with Gasteiger partial charge in [0.15, 0.2) is 5.17 Å². The lowest BCUT2D eigenvalue weighted by atomic mass is 10.2. The molecule has 0 aromatic heterocycles. The zero-order chi connectivity index (χ0) is 20.3. The van der Waals surface area contributed by atoms with Crippen molar-refractivity contribution in [3.63, 3.8) is 0 Å². The van der Waals surface area contributed by atoms with Gasteiger partial charge in [0, 0.05) is 19.2 Å². The third-order valence-electron chi connectivity index (χ3n) is 3.90. The van der Waals surface area contributed by atoms with E-state index in [0.29, 0.717) is 26.9 Å². The van der Waals surface area contributed by atoms with Crippen molar-refractivity contribution in [3.05, 3.63) is 74.7 Å². The van der Waals surface area contributed by atoms with Gasteiger partial charge >= 0.3 is 5.97 Å². The first-order valence-electron chi connectivity index (χ1n) is 8.08. The van der Waals surface area contributed by atoms with Crippen molar-refractivity contribution in [2.24, 2.45) is 4.99 Å². The second-order valence-corrected chi connectivity index (χ2v) is 6.77. The molecule has 1 fully saturated rings. The average molecular weight is 397 g/mol. The highest BCUT2D eigenvalue weighted by molar-refractivity contribution is 8.18. The van der Waals surface area contributed by atoms with Crippen LogP contribution in [0.25, 0.3) is 6.08 Å². The molecular formula is C19H15N3O5S. The predicted octanol–water partition coefficient (Wildman–Crippen LogP) is 3.62. The van der Waals surface area contributed by atoms with Crippen molar-refractivity contribution in [2.75, 3.05) is 14.2 Å². The van der Waals surface area contributed by atoms with Crippen LogP contribution in [0.3, 0.4) is 0 Å². The van der Waals surface area contributed by atoms with E-state index in [2.05, 4.69) is 9.73 Å². The molecular weight excluding hydrogens is 382 g/mol. The Morgan fingerprint density at radius 3 is 2.61 bits per heavy atom. The van der Waals surface area contributed by atoms with Crippen molar-refractivity contribution in [2.45, 2.75) is 0 Å². The standard InChI is InChI=1S/C19H15N3O5S/c1-21-17(23)16(11-12-4-3-5-15(10-12)22(25)26)28-19(21)20-14-8-6-13(7-9-14)18(24)27-2/h3-11H,1-2H3/b16-11+,20-19?. The van der Waals surface area contributed by atoms with Crippen LogP contribution in [0, 0.1) is 10.1 Å². The van der Waals surface area contributed by atoms with Gasteiger partial charge in [-0.25, -0.2) is 9.79 Å². The summed E-state index contributed by atoms with van der Waals surface area (Å²) in [7, 11) is 2.91. The van der Waals surface area contributed by atoms with Crippen LogP contribution in [-0.4, -0.2) is 41.0 Å². The van der Waals surface area contributed by atoms with E-state index < -0.39 is 10.9 Å². The number of nitro groups is 1. The molecule has 8 nitrogen and oxygen atoms in total. The number of esters is 1. The maximum Gasteiger partial charge on any atom is 0.337 e. The number of ether oxygens (including phenoxy) is 1. The van der Waals surface area contributed by atoms with Crippen LogP contribution >= 0.6 is 11.8 Å². The van der Waals surface area contributed by atoms with Gasteiger partial charge < -0.3 is 4.74 Å². The predicted molar refractivity (Wildman–Crippen MR) is 106 cm³/mol. The molecule has 2 aromatic carbocycles. The number of hydrogen-bond donors (Lipinski definition) is 0. The van der Waals surface area contributed by atoms with E-state index in [4.69, 9.17) is 0 Å². The summed E-state index contributed by atoms with van der Waals surface area (Å²) in [6.45, 7) is 0. The fourth-order valence-corrected chi connectivity index (χ4v) is 3.42. The number of aliphatic imine (C=N–C) groups is 1. The average Bonchev–Trinajstić information content (AvgIpc) is 2.96. The number of likely N-dealkylation sites (N-methyl/N-ethyl adjacent to an activating group) is 1. The topological polar surface area (TPSA) is 102 Å². The lowest BCUT2D eigenvalue weighted by Gasteiger charge is -2.07. The fourth-order valence-electron chi connectivity index (χ4n) is 2.43. The minimum absolute atomic E-state index is 0.0438. The smallest absolute Gasteiger partial charge is 0.337 e. The Morgan fingerprint density at radius 2 is 1.96 bits per heavy atom. The fraction of sp³-hybridized carbons (Fsp3) is 0.105. The number of non-ortho nitro benzene ring substituents is 1.